The Bertz CT molecular complexity index is 1240. The highest BCUT2D eigenvalue weighted by atomic mass is 28.4. The molecular formula is C30H41N3O4Si. The van der Waals surface area contributed by atoms with Crippen molar-refractivity contribution < 1.29 is 18.8 Å². The van der Waals surface area contributed by atoms with Crippen LogP contribution in [0, 0.1) is 5.41 Å². The number of piperidine rings is 1. The molecule has 0 N–H and O–H groups in total. The fourth-order valence-corrected chi connectivity index (χ4v) is 9.54. The maximum absolute atomic E-state index is 13.3. The minimum absolute atomic E-state index is 0.0353. The van der Waals surface area contributed by atoms with E-state index in [4.69, 9.17) is 9.16 Å². The average Bonchev–Trinajstić information content (AvgIpc) is 3.29. The van der Waals surface area contributed by atoms with Crippen LogP contribution in [0.25, 0.3) is 11.0 Å². The first-order valence-corrected chi connectivity index (χ1v) is 16.7. The fourth-order valence-electron chi connectivity index (χ4n) is 5.81. The van der Waals surface area contributed by atoms with Crippen molar-refractivity contribution in [2.24, 2.45) is 5.41 Å². The largest absolute Gasteiger partial charge is 0.445 e. The minimum atomic E-state index is -2.03. The second-order valence-corrected chi connectivity index (χ2v) is 16.2. The molecule has 0 aliphatic carbocycles. The zero-order valence-electron chi connectivity index (χ0n) is 23.4. The molecule has 0 unspecified atom stereocenters. The number of likely N-dealkylation sites (tertiary alicyclic amines) is 1. The number of nitrogens with zero attached hydrogens (tertiary/aromatic N) is 3. The van der Waals surface area contributed by atoms with Gasteiger partial charge in [-0.05, 0) is 61.5 Å². The first-order valence-electron chi connectivity index (χ1n) is 13.6. The second-order valence-electron chi connectivity index (χ2n) is 12.1. The van der Waals surface area contributed by atoms with E-state index in [0.717, 1.165) is 35.5 Å². The Morgan fingerprint density at radius 3 is 2.50 bits per heavy atom. The molecule has 0 saturated carbocycles. The van der Waals surface area contributed by atoms with Crippen LogP contribution in [0.3, 0.4) is 0 Å². The number of fused-ring (bicyclic) bond motifs is 1. The van der Waals surface area contributed by atoms with Gasteiger partial charge in [-0.25, -0.2) is 9.78 Å². The quantitative estimate of drug-likeness (QED) is 0.294. The van der Waals surface area contributed by atoms with Crippen LogP contribution in [0.1, 0.15) is 56.8 Å². The molecule has 1 aromatic heterocycles. The van der Waals surface area contributed by atoms with E-state index in [-0.39, 0.29) is 42.6 Å². The van der Waals surface area contributed by atoms with Gasteiger partial charge in [-0.3, -0.25) is 9.36 Å². The van der Waals surface area contributed by atoms with Gasteiger partial charge >= 0.3 is 6.09 Å². The van der Waals surface area contributed by atoms with Gasteiger partial charge in [-0.1, -0.05) is 63.2 Å². The Morgan fingerprint density at radius 2 is 1.76 bits per heavy atom. The number of carbonyl (C=O) groups excluding carboxylic acids is 2. The third-order valence-corrected chi connectivity index (χ3v) is 9.81. The third-order valence-electron chi connectivity index (χ3n) is 6.96. The van der Waals surface area contributed by atoms with E-state index in [0.29, 0.717) is 13.0 Å². The van der Waals surface area contributed by atoms with Crippen molar-refractivity contribution >= 4 is 31.4 Å². The predicted molar refractivity (Wildman–Crippen MR) is 153 cm³/mol. The smallest absolute Gasteiger partial charge is 0.410 e. The Balaban J connectivity index is 1.51. The summed E-state index contributed by atoms with van der Waals surface area (Å²) in [4.78, 5) is 32.8. The van der Waals surface area contributed by atoms with Gasteiger partial charge in [-0.2, -0.15) is 0 Å². The van der Waals surface area contributed by atoms with E-state index in [9.17, 15) is 9.59 Å². The van der Waals surface area contributed by atoms with E-state index in [1.54, 1.807) is 15.8 Å². The van der Waals surface area contributed by atoms with Gasteiger partial charge in [0.15, 0.2) is 8.32 Å². The van der Waals surface area contributed by atoms with Crippen molar-refractivity contribution in [1.82, 2.24) is 14.5 Å². The Kier molecular flexibility index (Phi) is 8.73. The van der Waals surface area contributed by atoms with Crippen LogP contribution in [0.5, 0.6) is 0 Å². The van der Waals surface area contributed by atoms with Crippen molar-refractivity contribution in [3.05, 3.63) is 66.5 Å². The number of ether oxygens (including phenoxy) is 1. The number of rotatable bonds is 8. The maximum atomic E-state index is 13.3. The van der Waals surface area contributed by atoms with Gasteiger partial charge in [0.1, 0.15) is 12.9 Å². The lowest BCUT2D eigenvalue weighted by molar-refractivity contribution is 0.00641. The topological polar surface area (TPSA) is 73.7 Å². The molecule has 3 aromatic rings. The van der Waals surface area contributed by atoms with Gasteiger partial charge in [-0.15, -0.1) is 0 Å². The van der Waals surface area contributed by atoms with Gasteiger partial charge in [0.25, 0.3) is 0 Å². The summed E-state index contributed by atoms with van der Waals surface area (Å²) >= 11 is 0. The second kappa shape index (κ2) is 11.8. The number of carbonyl (C=O) groups is 2. The molecule has 4 rings (SSSR count). The van der Waals surface area contributed by atoms with Crippen LogP contribution in [0.4, 0.5) is 4.79 Å². The van der Waals surface area contributed by atoms with E-state index in [2.05, 4.69) is 38.8 Å². The Labute approximate surface area is 227 Å². The predicted octanol–water partition coefficient (Wildman–Crippen LogP) is 6.89. The highest BCUT2D eigenvalue weighted by Crippen LogP contribution is 2.33. The summed E-state index contributed by atoms with van der Waals surface area (Å²) in [7, 11) is -2.03. The molecule has 0 spiro atoms. The molecule has 2 atom stereocenters. The highest BCUT2D eigenvalue weighted by molar-refractivity contribution is 6.71. The Morgan fingerprint density at radius 1 is 1.05 bits per heavy atom. The standard InChI is InChI=1S/C30H41N3O4Si/c1-30(2,3)21-38(4,5)37-27-16-11-19-32(29(35)36-20-23-12-7-6-8-13-23)26(27)17-18-28(34)33-22-31-24-14-9-10-15-25(24)33/h6-10,12-15,22,26-27H,11,16-21H2,1-5H3/t26-,27+/m1/s1. The molecule has 7 nitrogen and oxygen atoms in total. The minimum Gasteiger partial charge on any atom is -0.445 e. The lowest BCUT2D eigenvalue weighted by atomic mass is 9.95. The summed E-state index contributed by atoms with van der Waals surface area (Å²) < 4.78 is 14.2. The van der Waals surface area contributed by atoms with Crippen LogP contribution in [-0.2, 0) is 15.8 Å². The van der Waals surface area contributed by atoms with Crippen molar-refractivity contribution in [2.45, 2.75) is 84.3 Å². The van der Waals surface area contributed by atoms with Gasteiger partial charge < -0.3 is 14.1 Å². The molecular weight excluding hydrogens is 494 g/mol. The summed E-state index contributed by atoms with van der Waals surface area (Å²) in [5, 5.41) is 0. The lowest BCUT2D eigenvalue weighted by Crippen LogP contribution is -2.55. The van der Waals surface area contributed by atoms with Crippen molar-refractivity contribution in [3.8, 4) is 0 Å². The molecule has 1 amide bonds. The number of hydrogen-bond acceptors (Lipinski definition) is 5. The van der Waals surface area contributed by atoms with Gasteiger partial charge in [0.05, 0.1) is 23.2 Å². The zero-order chi connectivity index (χ0) is 27.3. The fraction of sp³-hybridized carbons (Fsp3) is 0.500. The summed E-state index contributed by atoms with van der Waals surface area (Å²) in [6.07, 6.45) is 3.64. The Hall–Kier alpha value is -2.97. The van der Waals surface area contributed by atoms with Crippen LogP contribution < -0.4 is 0 Å². The third kappa shape index (κ3) is 7.32. The average molecular weight is 536 g/mol. The summed E-state index contributed by atoms with van der Waals surface area (Å²) in [5.41, 5.74) is 2.70. The van der Waals surface area contributed by atoms with Crippen molar-refractivity contribution in [1.29, 1.82) is 0 Å². The maximum Gasteiger partial charge on any atom is 0.410 e. The number of imidazole rings is 1. The molecule has 8 heteroatoms. The van der Waals surface area contributed by atoms with Crippen molar-refractivity contribution in [2.75, 3.05) is 6.54 Å². The molecule has 1 aliphatic heterocycles. The summed E-state index contributed by atoms with van der Waals surface area (Å²) in [5.74, 6) is -0.0353. The normalized spacial score (nSPS) is 18.5. The lowest BCUT2D eigenvalue weighted by Gasteiger charge is -2.44. The first kappa shape index (κ1) is 28.0. The van der Waals surface area contributed by atoms with Crippen LogP contribution >= 0.6 is 0 Å². The molecule has 204 valence electrons. The number of amides is 1. The first-order chi connectivity index (χ1) is 18.0. The molecule has 2 heterocycles. The molecule has 0 radical (unpaired) electrons. The monoisotopic (exact) mass is 535 g/mol. The molecule has 1 aliphatic rings. The summed E-state index contributed by atoms with van der Waals surface area (Å²) in [6, 6.07) is 18.1. The van der Waals surface area contributed by atoms with Crippen molar-refractivity contribution in [3.63, 3.8) is 0 Å². The van der Waals surface area contributed by atoms with Crippen LogP contribution in [-0.4, -0.2) is 53.5 Å². The van der Waals surface area contributed by atoms with E-state index >= 15 is 0 Å². The number of benzene rings is 2. The zero-order valence-corrected chi connectivity index (χ0v) is 24.4. The number of hydrogen-bond donors (Lipinski definition) is 0. The number of para-hydroxylation sites is 2. The highest BCUT2D eigenvalue weighted by Gasteiger charge is 2.40. The molecule has 1 fully saturated rings. The van der Waals surface area contributed by atoms with Gasteiger partial charge in [0, 0.05) is 13.0 Å². The van der Waals surface area contributed by atoms with Crippen LogP contribution in [0.2, 0.25) is 19.1 Å². The van der Waals surface area contributed by atoms with E-state index in [1.807, 2.05) is 54.6 Å². The van der Waals surface area contributed by atoms with E-state index in [1.165, 1.54) is 0 Å². The molecule has 1 saturated heterocycles. The van der Waals surface area contributed by atoms with Gasteiger partial charge in [0.2, 0.25) is 5.91 Å². The molecule has 0 bridgehead atoms. The number of aromatic nitrogens is 2. The molecule has 2 aromatic carbocycles. The molecule has 38 heavy (non-hydrogen) atoms. The van der Waals surface area contributed by atoms with Crippen LogP contribution in [0.15, 0.2) is 60.9 Å². The summed E-state index contributed by atoms with van der Waals surface area (Å²) in [6.45, 7) is 12.1. The SMILES string of the molecule is CC(C)(C)C[Si](C)(C)O[C@H]1CCCN(C(=O)OCc2ccccc2)[C@@H]1CCC(=O)n1cnc2ccccc21. The van der Waals surface area contributed by atoms with E-state index < -0.39 is 8.32 Å².